The van der Waals surface area contributed by atoms with Crippen molar-refractivity contribution in [3.8, 4) is 0 Å². The molecular formula is C29H46O3SSi. The van der Waals surface area contributed by atoms with Crippen LogP contribution in [0.2, 0.25) is 16.6 Å². The lowest BCUT2D eigenvalue weighted by atomic mass is 10.2. The van der Waals surface area contributed by atoms with Gasteiger partial charge in [0.1, 0.15) is 0 Å². The molecule has 34 heavy (non-hydrogen) atoms. The van der Waals surface area contributed by atoms with Crippen LogP contribution in [0, 0.1) is 6.92 Å². The van der Waals surface area contributed by atoms with Crippen LogP contribution >= 0.6 is 0 Å². The summed E-state index contributed by atoms with van der Waals surface area (Å²) in [6, 6.07) is 18.4. The summed E-state index contributed by atoms with van der Waals surface area (Å²) in [5.74, 6) is 0.564. The fourth-order valence-electron chi connectivity index (χ4n) is 5.17. The highest BCUT2D eigenvalue weighted by atomic mass is 32.2. The van der Waals surface area contributed by atoms with Gasteiger partial charge in [-0.2, -0.15) is 0 Å². The summed E-state index contributed by atoms with van der Waals surface area (Å²) in [7, 11) is -3.12. The van der Waals surface area contributed by atoms with Crippen molar-refractivity contribution in [3.05, 3.63) is 65.7 Å². The quantitative estimate of drug-likeness (QED) is 0.182. The van der Waals surface area contributed by atoms with Crippen LogP contribution in [0.25, 0.3) is 0 Å². The van der Waals surface area contributed by atoms with E-state index in [1.54, 1.807) is 0 Å². The highest BCUT2D eigenvalue weighted by molar-refractivity contribution is 7.85. The van der Waals surface area contributed by atoms with E-state index >= 15 is 0 Å². The molecule has 2 aromatic rings. The Balaban J connectivity index is 2.03. The molecule has 0 aliphatic carbocycles. The van der Waals surface area contributed by atoms with Crippen molar-refractivity contribution in [3.63, 3.8) is 0 Å². The van der Waals surface area contributed by atoms with Crippen LogP contribution < -0.4 is 0 Å². The molecule has 0 radical (unpaired) electrons. The maximum Gasteiger partial charge on any atom is 0.200 e. The lowest BCUT2D eigenvalue weighted by Gasteiger charge is -2.44. The minimum absolute atomic E-state index is 0.00938. The molecule has 0 N–H and O–H groups in total. The smallest absolute Gasteiger partial charge is 0.200 e. The fraction of sp³-hybridized carbons (Fsp3) is 0.586. The van der Waals surface area contributed by atoms with E-state index < -0.39 is 19.1 Å². The molecule has 0 fully saturated rings. The highest BCUT2D eigenvalue weighted by Crippen LogP contribution is 2.43. The van der Waals surface area contributed by atoms with Crippen molar-refractivity contribution >= 4 is 19.1 Å². The van der Waals surface area contributed by atoms with Gasteiger partial charge < -0.3 is 9.16 Å². The molecule has 190 valence electrons. The largest absolute Gasteiger partial charge is 0.412 e. The number of aryl methyl sites for hydroxylation is 1. The van der Waals surface area contributed by atoms with Gasteiger partial charge >= 0.3 is 0 Å². The van der Waals surface area contributed by atoms with Crippen LogP contribution in [0.3, 0.4) is 0 Å². The van der Waals surface area contributed by atoms with Crippen molar-refractivity contribution < 1.29 is 13.4 Å². The van der Waals surface area contributed by atoms with Crippen molar-refractivity contribution in [1.29, 1.82) is 0 Å². The molecule has 2 rings (SSSR count). The first-order chi connectivity index (χ1) is 16.2. The normalized spacial score (nSPS) is 14.2. The first kappa shape index (κ1) is 29.0. The van der Waals surface area contributed by atoms with Crippen molar-refractivity contribution in [2.45, 2.75) is 102 Å². The zero-order valence-electron chi connectivity index (χ0n) is 22.4. The van der Waals surface area contributed by atoms with Crippen molar-refractivity contribution in [2.24, 2.45) is 0 Å². The summed E-state index contributed by atoms with van der Waals surface area (Å²) < 4.78 is 26.3. The Labute approximate surface area is 212 Å². The number of hydrogen-bond acceptors (Lipinski definition) is 3. The average Bonchev–Trinajstić information content (AvgIpc) is 2.79. The number of hydrogen-bond donors (Lipinski definition) is 0. The molecule has 3 nitrogen and oxygen atoms in total. The van der Waals surface area contributed by atoms with Crippen LogP contribution in [0.15, 0.2) is 59.5 Å². The summed E-state index contributed by atoms with van der Waals surface area (Å²) in [6.45, 7) is 17.4. The Hall–Kier alpha value is -1.27. The van der Waals surface area contributed by atoms with Gasteiger partial charge in [-0.25, -0.2) is 0 Å². The second-order valence-corrected chi connectivity index (χ2v) is 17.3. The number of unbranched alkanes of at least 4 members (excludes halogenated alkanes) is 1. The molecule has 0 saturated carbocycles. The van der Waals surface area contributed by atoms with Gasteiger partial charge in [-0.15, -0.1) is 0 Å². The second kappa shape index (κ2) is 14.3. The molecule has 2 aromatic carbocycles. The Bertz CT molecular complexity index is 828. The third-order valence-corrected chi connectivity index (χ3v) is 14.5. The number of ether oxygens (including phenoxy) is 1. The summed E-state index contributed by atoms with van der Waals surface area (Å²) in [4.78, 5) is 0.899. The Morgan fingerprint density at radius 2 is 1.41 bits per heavy atom. The third kappa shape index (κ3) is 8.44. The van der Waals surface area contributed by atoms with E-state index in [4.69, 9.17) is 9.16 Å². The minimum Gasteiger partial charge on any atom is -0.412 e. The third-order valence-electron chi connectivity index (χ3n) is 6.88. The first-order valence-corrected chi connectivity index (χ1v) is 16.4. The maximum absolute atomic E-state index is 13.3. The maximum atomic E-state index is 13.3. The van der Waals surface area contributed by atoms with Crippen molar-refractivity contribution in [2.75, 3.05) is 12.4 Å². The second-order valence-electron chi connectivity index (χ2n) is 10.4. The monoisotopic (exact) mass is 502 g/mol. The van der Waals surface area contributed by atoms with Crippen LogP contribution in [0.4, 0.5) is 0 Å². The average molecular weight is 503 g/mol. The lowest BCUT2D eigenvalue weighted by Crippen LogP contribution is -2.51. The van der Waals surface area contributed by atoms with E-state index in [-0.39, 0.29) is 6.10 Å². The molecule has 0 amide bonds. The van der Waals surface area contributed by atoms with Gasteiger partial charge in [0, 0.05) is 11.5 Å². The van der Waals surface area contributed by atoms with Crippen molar-refractivity contribution in [1.82, 2.24) is 0 Å². The van der Waals surface area contributed by atoms with Crippen LogP contribution in [0.1, 0.15) is 71.9 Å². The topological polar surface area (TPSA) is 35.5 Å². The minimum atomic E-state index is -2.05. The Morgan fingerprint density at radius 3 is 1.97 bits per heavy atom. The number of rotatable bonds is 15. The standard InChI is InChI=1S/C29H46O3SSi/c1-23(2)34(24(3)4,25(5)6)32-28(22-33(30)29-18-16-26(7)17-19-29)15-11-12-20-31-21-27-13-9-8-10-14-27/h8-10,13-14,16-19,23-25,28H,11-12,15,20-22H2,1-7H3/t28-,33+/m0/s1. The molecule has 0 spiro atoms. The summed E-state index contributed by atoms with van der Waals surface area (Å²) in [5.41, 5.74) is 3.93. The summed E-state index contributed by atoms with van der Waals surface area (Å²) in [5, 5.41) is 0. The van der Waals surface area contributed by atoms with Gasteiger partial charge in [0.25, 0.3) is 0 Å². The predicted molar refractivity (Wildman–Crippen MR) is 148 cm³/mol. The molecule has 0 aliphatic heterocycles. The van der Waals surface area contributed by atoms with Gasteiger partial charge in [0.2, 0.25) is 8.32 Å². The van der Waals surface area contributed by atoms with Crippen LogP contribution in [0.5, 0.6) is 0 Å². The number of benzene rings is 2. The van der Waals surface area contributed by atoms with Gasteiger partial charge in [0.15, 0.2) is 0 Å². The molecule has 0 heterocycles. The van der Waals surface area contributed by atoms with E-state index in [0.29, 0.717) is 29.0 Å². The Morgan fingerprint density at radius 1 is 0.824 bits per heavy atom. The van der Waals surface area contributed by atoms with E-state index in [1.807, 2.05) is 42.5 Å². The first-order valence-electron chi connectivity index (χ1n) is 12.9. The van der Waals surface area contributed by atoms with Gasteiger partial charge in [-0.1, -0.05) is 89.6 Å². The van der Waals surface area contributed by atoms with Crippen LogP contribution in [-0.4, -0.2) is 31.0 Å². The highest BCUT2D eigenvalue weighted by Gasteiger charge is 2.46. The molecule has 2 atom stereocenters. The Kier molecular flexibility index (Phi) is 12.2. The lowest BCUT2D eigenvalue weighted by molar-refractivity contribution is 0.112. The van der Waals surface area contributed by atoms with Crippen LogP contribution in [-0.2, 0) is 26.6 Å². The SMILES string of the molecule is Cc1ccc([S@](=O)C[C@H](CCCCOCc2ccccc2)O[Si](C(C)C)(C(C)C)C(C)C)cc1. The van der Waals surface area contributed by atoms with E-state index in [9.17, 15) is 4.21 Å². The summed E-state index contributed by atoms with van der Waals surface area (Å²) in [6.07, 6.45) is 2.94. The predicted octanol–water partition coefficient (Wildman–Crippen LogP) is 8.05. The summed E-state index contributed by atoms with van der Waals surface area (Å²) >= 11 is 0. The van der Waals surface area contributed by atoms with E-state index in [2.05, 4.69) is 60.6 Å². The molecule has 5 heteroatoms. The zero-order chi connectivity index (χ0) is 25.1. The van der Waals surface area contributed by atoms with E-state index in [0.717, 1.165) is 30.8 Å². The molecular weight excluding hydrogens is 456 g/mol. The zero-order valence-corrected chi connectivity index (χ0v) is 24.2. The molecule has 0 aromatic heterocycles. The van der Waals surface area contributed by atoms with E-state index in [1.165, 1.54) is 11.1 Å². The van der Waals surface area contributed by atoms with Gasteiger partial charge in [-0.05, 0) is 60.5 Å². The van der Waals surface area contributed by atoms with Gasteiger partial charge in [0.05, 0.1) is 29.3 Å². The fourth-order valence-corrected chi connectivity index (χ4v) is 12.1. The van der Waals surface area contributed by atoms with Gasteiger partial charge in [-0.3, -0.25) is 4.21 Å². The molecule has 0 aliphatic rings. The molecule has 0 bridgehead atoms. The molecule has 0 saturated heterocycles. The molecule has 0 unspecified atom stereocenters.